The van der Waals surface area contributed by atoms with Crippen molar-refractivity contribution < 1.29 is 9.53 Å². The summed E-state index contributed by atoms with van der Waals surface area (Å²) in [6.45, 7) is 1.10. The Morgan fingerprint density at radius 3 is 2.62 bits per heavy atom. The molecule has 29 heavy (non-hydrogen) atoms. The van der Waals surface area contributed by atoms with E-state index in [2.05, 4.69) is 21.5 Å². The van der Waals surface area contributed by atoms with Crippen LogP contribution in [0.2, 0.25) is 0 Å². The minimum absolute atomic E-state index is 0.235. The predicted octanol–water partition coefficient (Wildman–Crippen LogP) is 4.05. The Kier molecular flexibility index (Phi) is 5.62. The standard InChI is InChI=1S/C23H20N4O2/c28-22(21-11-5-12-24-23(21)29-20-9-2-1-3-10-20)25-16-18-7-4-8-19(15-18)17-27-14-6-13-26-27/h1-15H,16-17H2,(H,25,28). The molecule has 4 aromatic rings. The molecule has 6 nitrogen and oxygen atoms in total. The van der Waals surface area contributed by atoms with Crippen molar-refractivity contribution in [2.45, 2.75) is 13.1 Å². The van der Waals surface area contributed by atoms with Gasteiger partial charge in [-0.25, -0.2) is 4.98 Å². The van der Waals surface area contributed by atoms with Crippen molar-refractivity contribution in [2.75, 3.05) is 0 Å². The van der Waals surface area contributed by atoms with Crippen molar-refractivity contribution in [3.8, 4) is 11.6 Å². The third kappa shape index (κ3) is 4.87. The molecule has 1 amide bonds. The molecular weight excluding hydrogens is 364 g/mol. The topological polar surface area (TPSA) is 69.0 Å². The summed E-state index contributed by atoms with van der Waals surface area (Å²) in [6.07, 6.45) is 5.28. The fourth-order valence-electron chi connectivity index (χ4n) is 2.94. The number of benzene rings is 2. The molecule has 2 aromatic carbocycles. The minimum atomic E-state index is -0.235. The number of carbonyl (C=O) groups excluding carboxylic acids is 1. The van der Waals surface area contributed by atoms with E-state index in [-0.39, 0.29) is 11.8 Å². The molecule has 1 N–H and O–H groups in total. The van der Waals surface area contributed by atoms with Gasteiger partial charge in [0.25, 0.3) is 5.91 Å². The number of para-hydroxylation sites is 1. The molecular formula is C23H20N4O2. The van der Waals surface area contributed by atoms with E-state index in [0.717, 1.165) is 11.1 Å². The van der Waals surface area contributed by atoms with Gasteiger partial charge in [-0.05, 0) is 41.5 Å². The Morgan fingerprint density at radius 1 is 0.931 bits per heavy atom. The van der Waals surface area contributed by atoms with Gasteiger partial charge in [0.15, 0.2) is 0 Å². The Hall–Kier alpha value is -3.93. The van der Waals surface area contributed by atoms with Gasteiger partial charge in [-0.1, -0.05) is 42.5 Å². The summed E-state index contributed by atoms with van der Waals surface area (Å²) in [7, 11) is 0. The normalized spacial score (nSPS) is 10.5. The predicted molar refractivity (Wildman–Crippen MR) is 110 cm³/mol. The fourth-order valence-corrected chi connectivity index (χ4v) is 2.94. The largest absolute Gasteiger partial charge is 0.438 e. The third-order valence-corrected chi connectivity index (χ3v) is 4.32. The first kappa shape index (κ1) is 18.4. The Balaban J connectivity index is 1.43. The summed E-state index contributed by atoms with van der Waals surface area (Å²) in [6, 6.07) is 22.7. The van der Waals surface area contributed by atoms with E-state index in [1.807, 2.05) is 65.5 Å². The first-order chi connectivity index (χ1) is 14.3. The Labute approximate surface area is 168 Å². The van der Waals surface area contributed by atoms with Crippen LogP contribution in [0.15, 0.2) is 91.4 Å². The van der Waals surface area contributed by atoms with Crippen LogP contribution >= 0.6 is 0 Å². The molecule has 0 aliphatic heterocycles. The van der Waals surface area contributed by atoms with E-state index >= 15 is 0 Å². The average Bonchev–Trinajstić information content (AvgIpc) is 3.26. The summed E-state index contributed by atoms with van der Waals surface area (Å²) >= 11 is 0. The molecule has 0 atom stereocenters. The fraction of sp³-hybridized carbons (Fsp3) is 0.0870. The number of rotatable bonds is 7. The van der Waals surface area contributed by atoms with Crippen LogP contribution in [0, 0.1) is 0 Å². The van der Waals surface area contributed by atoms with Gasteiger partial charge < -0.3 is 10.1 Å². The molecule has 0 aliphatic carbocycles. The molecule has 4 rings (SSSR count). The molecule has 6 heteroatoms. The minimum Gasteiger partial charge on any atom is -0.438 e. The molecule has 0 aliphatic rings. The number of aromatic nitrogens is 3. The summed E-state index contributed by atoms with van der Waals surface area (Å²) in [5, 5.41) is 7.17. The zero-order valence-corrected chi connectivity index (χ0v) is 15.7. The number of hydrogen-bond donors (Lipinski definition) is 1. The van der Waals surface area contributed by atoms with E-state index in [1.54, 1.807) is 24.5 Å². The lowest BCUT2D eigenvalue weighted by Crippen LogP contribution is -2.23. The lowest BCUT2D eigenvalue weighted by atomic mass is 10.1. The number of hydrogen-bond acceptors (Lipinski definition) is 4. The van der Waals surface area contributed by atoms with E-state index in [1.165, 1.54) is 0 Å². The Bertz CT molecular complexity index is 1080. The van der Waals surface area contributed by atoms with Gasteiger partial charge in [0.05, 0.1) is 6.54 Å². The van der Waals surface area contributed by atoms with Gasteiger partial charge in [0, 0.05) is 25.1 Å². The third-order valence-electron chi connectivity index (χ3n) is 4.32. The zero-order chi connectivity index (χ0) is 19.9. The second kappa shape index (κ2) is 8.84. The molecule has 144 valence electrons. The highest BCUT2D eigenvalue weighted by Crippen LogP contribution is 2.22. The highest BCUT2D eigenvalue weighted by Gasteiger charge is 2.14. The van der Waals surface area contributed by atoms with Crippen molar-refractivity contribution in [3.63, 3.8) is 0 Å². The summed E-state index contributed by atoms with van der Waals surface area (Å²) < 4.78 is 7.64. The maximum absolute atomic E-state index is 12.7. The second-order valence-corrected chi connectivity index (χ2v) is 6.48. The highest BCUT2D eigenvalue weighted by molar-refractivity contribution is 5.96. The molecule has 0 saturated heterocycles. The average molecular weight is 384 g/mol. The van der Waals surface area contributed by atoms with Crippen LogP contribution in [-0.2, 0) is 13.1 Å². The van der Waals surface area contributed by atoms with Crippen molar-refractivity contribution in [1.29, 1.82) is 0 Å². The number of amides is 1. The first-order valence-corrected chi connectivity index (χ1v) is 9.29. The van der Waals surface area contributed by atoms with Gasteiger partial charge >= 0.3 is 0 Å². The summed E-state index contributed by atoms with van der Waals surface area (Å²) in [4.78, 5) is 16.9. The molecule has 0 radical (unpaired) electrons. The molecule has 2 aromatic heterocycles. The van der Waals surface area contributed by atoms with Crippen molar-refractivity contribution in [1.82, 2.24) is 20.1 Å². The number of ether oxygens (including phenoxy) is 1. The van der Waals surface area contributed by atoms with E-state index in [9.17, 15) is 4.79 Å². The Morgan fingerprint density at radius 2 is 1.79 bits per heavy atom. The number of nitrogens with one attached hydrogen (secondary N) is 1. The van der Waals surface area contributed by atoms with Crippen LogP contribution in [0.1, 0.15) is 21.5 Å². The van der Waals surface area contributed by atoms with Crippen LogP contribution in [0.25, 0.3) is 0 Å². The monoisotopic (exact) mass is 384 g/mol. The molecule has 0 bridgehead atoms. The van der Waals surface area contributed by atoms with Crippen LogP contribution in [0.5, 0.6) is 11.6 Å². The van der Waals surface area contributed by atoms with E-state index in [4.69, 9.17) is 4.74 Å². The smallest absolute Gasteiger partial charge is 0.257 e. The maximum Gasteiger partial charge on any atom is 0.257 e. The van der Waals surface area contributed by atoms with Crippen molar-refractivity contribution in [2.24, 2.45) is 0 Å². The van der Waals surface area contributed by atoms with Gasteiger partial charge in [0.2, 0.25) is 5.88 Å². The van der Waals surface area contributed by atoms with Gasteiger partial charge in [-0.15, -0.1) is 0 Å². The van der Waals surface area contributed by atoms with E-state index in [0.29, 0.717) is 24.4 Å². The molecule has 0 spiro atoms. The van der Waals surface area contributed by atoms with Crippen LogP contribution in [0.3, 0.4) is 0 Å². The second-order valence-electron chi connectivity index (χ2n) is 6.48. The van der Waals surface area contributed by atoms with Gasteiger partial charge in [-0.3, -0.25) is 9.48 Å². The summed E-state index contributed by atoms with van der Waals surface area (Å²) in [5.41, 5.74) is 2.52. The highest BCUT2D eigenvalue weighted by atomic mass is 16.5. The zero-order valence-electron chi connectivity index (χ0n) is 15.7. The summed E-state index contributed by atoms with van der Waals surface area (Å²) in [5.74, 6) is 0.678. The van der Waals surface area contributed by atoms with Crippen LogP contribution < -0.4 is 10.1 Å². The molecule has 0 unspecified atom stereocenters. The maximum atomic E-state index is 12.7. The van der Waals surface area contributed by atoms with Crippen LogP contribution in [-0.4, -0.2) is 20.7 Å². The van der Waals surface area contributed by atoms with Crippen molar-refractivity contribution in [3.05, 3.63) is 108 Å². The lowest BCUT2D eigenvalue weighted by molar-refractivity contribution is 0.0948. The number of pyridine rings is 1. The first-order valence-electron chi connectivity index (χ1n) is 9.29. The van der Waals surface area contributed by atoms with Gasteiger partial charge in [0.1, 0.15) is 11.3 Å². The lowest BCUT2D eigenvalue weighted by Gasteiger charge is -2.11. The number of carbonyl (C=O) groups is 1. The van der Waals surface area contributed by atoms with Crippen molar-refractivity contribution >= 4 is 5.91 Å². The quantitative estimate of drug-likeness (QED) is 0.522. The SMILES string of the molecule is O=C(NCc1cccc(Cn2cccn2)c1)c1cccnc1Oc1ccccc1. The van der Waals surface area contributed by atoms with Crippen LogP contribution in [0.4, 0.5) is 0 Å². The molecule has 0 saturated carbocycles. The molecule has 0 fully saturated rings. The van der Waals surface area contributed by atoms with E-state index < -0.39 is 0 Å². The number of nitrogens with zero attached hydrogens (tertiary/aromatic N) is 3. The van der Waals surface area contributed by atoms with Gasteiger partial charge in [-0.2, -0.15) is 5.10 Å². The molecule has 2 heterocycles.